The van der Waals surface area contributed by atoms with Gasteiger partial charge in [-0.3, -0.25) is 19.7 Å². The Morgan fingerprint density at radius 1 is 1.42 bits per heavy atom. The summed E-state index contributed by atoms with van der Waals surface area (Å²) in [5, 5.41) is 6.72. The molecule has 2 aromatic heterocycles. The molecule has 2 aromatic rings. The molecule has 0 aromatic carbocycles. The van der Waals surface area contributed by atoms with Crippen molar-refractivity contribution in [3.05, 3.63) is 42.0 Å². The largest absolute Gasteiger partial charge is 0.482 e. The van der Waals surface area contributed by atoms with Gasteiger partial charge in [-0.15, -0.1) is 0 Å². The van der Waals surface area contributed by atoms with E-state index in [1.807, 2.05) is 0 Å². The zero-order valence-corrected chi connectivity index (χ0v) is 13.1. The standard InChI is InChI=1S/C16H19N5O3/c17-16(23)13-8-12(19-20-13)14-5-1-2-7-21(14)15(22)10-24-11-4-3-6-18-9-11/h3-4,6,8-9,14H,1-2,5,7,10H2,(H2,17,23)(H,19,20). The summed E-state index contributed by atoms with van der Waals surface area (Å²) in [6, 6.07) is 4.96. The van der Waals surface area contributed by atoms with E-state index in [0.717, 1.165) is 25.0 Å². The number of nitrogens with one attached hydrogen (secondary N) is 1. The highest BCUT2D eigenvalue weighted by atomic mass is 16.5. The summed E-state index contributed by atoms with van der Waals surface area (Å²) in [5.74, 6) is -0.151. The van der Waals surface area contributed by atoms with Crippen molar-refractivity contribution in [1.29, 1.82) is 0 Å². The van der Waals surface area contributed by atoms with Gasteiger partial charge in [0.2, 0.25) is 0 Å². The van der Waals surface area contributed by atoms with E-state index in [4.69, 9.17) is 10.5 Å². The van der Waals surface area contributed by atoms with Crippen molar-refractivity contribution in [2.24, 2.45) is 5.73 Å². The number of hydrogen-bond donors (Lipinski definition) is 2. The zero-order valence-electron chi connectivity index (χ0n) is 13.1. The fourth-order valence-corrected chi connectivity index (χ4v) is 2.85. The average Bonchev–Trinajstić information content (AvgIpc) is 3.11. The number of pyridine rings is 1. The Balaban J connectivity index is 1.69. The monoisotopic (exact) mass is 329 g/mol. The molecule has 3 heterocycles. The van der Waals surface area contributed by atoms with Gasteiger partial charge in [-0.05, 0) is 37.5 Å². The maximum Gasteiger partial charge on any atom is 0.269 e. The number of amides is 2. The third-order valence-electron chi connectivity index (χ3n) is 4.03. The number of piperidine rings is 1. The number of primary amides is 1. The quantitative estimate of drug-likeness (QED) is 0.850. The molecule has 0 bridgehead atoms. The molecule has 3 N–H and O–H groups in total. The number of hydrogen-bond acceptors (Lipinski definition) is 5. The van der Waals surface area contributed by atoms with Gasteiger partial charge in [-0.1, -0.05) is 0 Å². The van der Waals surface area contributed by atoms with E-state index in [-0.39, 0.29) is 24.2 Å². The summed E-state index contributed by atoms with van der Waals surface area (Å²) in [6.07, 6.45) is 5.95. The molecule has 0 radical (unpaired) electrons. The number of ether oxygens (including phenoxy) is 1. The Hall–Kier alpha value is -2.90. The third-order valence-corrected chi connectivity index (χ3v) is 4.03. The van der Waals surface area contributed by atoms with Crippen LogP contribution in [0.4, 0.5) is 0 Å². The number of carbonyl (C=O) groups excluding carboxylic acids is 2. The SMILES string of the molecule is NC(=O)c1cc(C2CCCCN2C(=O)COc2cccnc2)[nH]n1. The van der Waals surface area contributed by atoms with Gasteiger partial charge in [-0.2, -0.15) is 5.10 Å². The molecule has 8 heteroatoms. The van der Waals surface area contributed by atoms with Crippen molar-refractivity contribution in [3.63, 3.8) is 0 Å². The number of carbonyl (C=O) groups is 2. The second kappa shape index (κ2) is 7.12. The first-order valence-electron chi connectivity index (χ1n) is 7.82. The molecule has 1 saturated heterocycles. The van der Waals surface area contributed by atoms with Gasteiger partial charge in [0.15, 0.2) is 6.61 Å². The number of rotatable bonds is 5. The fourth-order valence-electron chi connectivity index (χ4n) is 2.85. The average molecular weight is 329 g/mol. The molecule has 126 valence electrons. The smallest absolute Gasteiger partial charge is 0.269 e. The molecule has 1 unspecified atom stereocenters. The van der Waals surface area contributed by atoms with Gasteiger partial charge in [0, 0.05) is 12.7 Å². The van der Waals surface area contributed by atoms with E-state index in [9.17, 15) is 9.59 Å². The first-order valence-corrected chi connectivity index (χ1v) is 7.82. The van der Waals surface area contributed by atoms with Crippen molar-refractivity contribution in [1.82, 2.24) is 20.1 Å². The number of aromatic nitrogens is 3. The van der Waals surface area contributed by atoms with Gasteiger partial charge in [-0.25, -0.2) is 0 Å². The molecule has 1 aliphatic heterocycles. The minimum atomic E-state index is -0.592. The van der Waals surface area contributed by atoms with Crippen LogP contribution in [0.5, 0.6) is 5.75 Å². The van der Waals surface area contributed by atoms with Crippen LogP contribution in [-0.4, -0.2) is 45.0 Å². The lowest BCUT2D eigenvalue weighted by atomic mass is 9.99. The normalized spacial score (nSPS) is 17.5. The van der Waals surface area contributed by atoms with E-state index < -0.39 is 5.91 Å². The zero-order chi connectivity index (χ0) is 16.9. The Morgan fingerprint density at radius 2 is 2.29 bits per heavy atom. The van der Waals surface area contributed by atoms with Crippen LogP contribution in [0.3, 0.4) is 0 Å². The molecule has 1 atom stereocenters. The number of aromatic amines is 1. The van der Waals surface area contributed by atoms with Crippen molar-refractivity contribution < 1.29 is 14.3 Å². The first kappa shape index (κ1) is 16.0. The molecule has 8 nitrogen and oxygen atoms in total. The van der Waals surface area contributed by atoms with E-state index >= 15 is 0 Å². The predicted molar refractivity (Wildman–Crippen MR) is 85.1 cm³/mol. The molecule has 24 heavy (non-hydrogen) atoms. The fraction of sp³-hybridized carbons (Fsp3) is 0.375. The lowest BCUT2D eigenvalue weighted by Gasteiger charge is -2.35. The summed E-state index contributed by atoms with van der Waals surface area (Å²) in [7, 11) is 0. The highest BCUT2D eigenvalue weighted by Gasteiger charge is 2.29. The minimum Gasteiger partial charge on any atom is -0.482 e. The van der Waals surface area contributed by atoms with Gasteiger partial charge in [0.05, 0.1) is 17.9 Å². The molecular weight excluding hydrogens is 310 g/mol. The molecule has 0 spiro atoms. The summed E-state index contributed by atoms with van der Waals surface area (Å²) < 4.78 is 5.50. The van der Waals surface area contributed by atoms with Gasteiger partial charge in [0.25, 0.3) is 11.8 Å². The summed E-state index contributed by atoms with van der Waals surface area (Å²) >= 11 is 0. The van der Waals surface area contributed by atoms with E-state index in [1.165, 1.54) is 0 Å². The number of nitrogens with two attached hydrogens (primary N) is 1. The Morgan fingerprint density at radius 3 is 3.00 bits per heavy atom. The summed E-state index contributed by atoms with van der Waals surface area (Å²) in [4.78, 5) is 29.5. The van der Waals surface area contributed by atoms with E-state index in [0.29, 0.717) is 12.3 Å². The molecule has 1 fully saturated rings. The number of nitrogens with zero attached hydrogens (tertiary/aromatic N) is 3. The van der Waals surface area contributed by atoms with Crippen molar-refractivity contribution in [2.45, 2.75) is 25.3 Å². The highest BCUT2D eigenvalue weighted by Crippen LogP contribution is 2.30. The minimum absolute atomic E-state index is 0.0565. The lowest BCUT2D eigenvalue weighted by Crippen LogP contribution is -2.41. The second-order valence-electron chi connectivity index (χ2n) is 5.65. The van der Waals surface area contributed by atoms with Gasteiger partial charge in [0.1, 0.15) is 11.4 Å². The van der Waals surface area contributed by atoms with Gasteiger partial charge >= 0.3 is 0 Å². The number of likely N-dealkylation sites (tertiary alicyclic amines) is 1. The van der Waals surface area contributed by atoms with Crippen LogP contribution in [0.2, 0.25) is 0 Å². The maximum absolute atomic E-state index is 12.6. The van der Waals surface area contributed by atoms with Crippen LogP contribution < -0.4 is 10.5 Å². The van der Waals surface area contributed by atoms with Crippen molar-refractivity contribution >= 4 is 11.8 Å². The lowest BCUT2D eigenvalue weighted by molar-refractivity contribution is -0.137. The highest BCUT2D eigenvalue weighted by molar-refractivity contribution is 5.90. The Kier molecular flexibility index (Phi) is 4.74. The molecule has 0 aliphatic carbocycles. The summed E-state index contributed by atoms with van der Waals surface area (Å²) in [5.41, 5.74) is 6.13. The molecule has 1 aliphatic rings. The van der Waals surface area contributed by atoms with Crippen LogP contribution >= 0.6 is 0 Å². The Bertz CT molecular complexity index is 716. The predicted octanol–water partition coefficient (Wildman–Crippen LogP) is 1.04. The van der Waals surface area contributed by atoms with Gasteiger partial charge < -0.3 is 15.4 Å². The third kappa shape index (κ3) is 3.53. The van der Waals surface area contributed by atoms with Crippen LogP contribution in [0.25, 0.3) is 0 Å². The molecule has 2 amide bonds. The topological polar surface area (TPSA) is 114 Å². The first-order chi connectivity index (χ1) is 11.6. The van der Waals surface area contributed by atoms with Crippen LogP contribution in [0.15, 0.2) is 30.6 Å². The van der Waals surface area contributed by atoms with E-state index in [1.54, 1.807) is 35.5 Å². The molecular formula is C16H19N5O3. The van der Waals surface area contributed by atoms with Crippen LogP contribution in [0.1, 0.15) is 41.5 Å². The van der Waals surface area contributed by atoms with Crippen LogP contribution in [-0.2, 0) is 4.79 Å². The molecule has 0 saturated carbocycles. The second-order valence-corrected chi connectivity index (χ2v) is 5.65. The number of H-pyrrole nitrogens is 1. The van der Waals surface area contributed by atoms with Crippen molar-refractivity contribution in [2.75, 3.05) is 13.2 Å². The summed E-state index contributed by atoms with van der Waals surface area (Å²) in [6.45, 7) is 0.587. The van der Waals surface area contributed by atoms with E-state index in [2.05, 4.69) is 15.2 Å². The molecule has 3 rings (SSSR count). The Labute approximate surface area is 139 Å². The maximum atomic E-state index is 12.6. The van der Waals surface area contributed by atoms with Crippen LogP contribution in [0, 0.1) is 0 Å². The van der Waals surface area contributed by atoms with Crippen molar-refractivity contribution in [3.8, 4) is 5.75 Å².